The number of rotatable bonds is 1. The molecule has 0 amide bonds. The summed E-state index contributed by atoms with van der Waals surface area (Å²) in [4.78, 5) is 12.6. The van der Waals surface area contributed by atoms with Crippen LogP contribution in [0, 0.1) is 0 Å². The molecule has 0 unspecified atom stereocenters. The second kappa shape index (κ2) is 13.3. The molecule has 3 heterocycles. The number of hydrogen-bond acceptors (Lipinski definition) is 5. The number of likely N-dealkylation sites (N-methyl/N-ethyl adjacent to an activating group) is 1. The van der Waals surface area contributed by atoms with Crippen LogP contribution >= 0.6 is 0 Å². The van der Waals surface area contributed by atoms with Crippen molar-refractivity contribution in [3.8, 4) is 0 Å². The van der Waals surface area contributed by atoms with Gasteiger partial charge in [-0.2, -0.15) is 0 Å². The minimum absolute atomic E-state index is 0.257. The number of nitrogens with zero attached hydrogens (tertiary/aromatic N) is 5. The van der Waals surface area contributed by atoms with Gasteiger partial charge in [0.25, 0.3) is 0 Å². The van der Waals surface area contributed by atoms with Crippen LogP contribution in [0.1, 0.15) is 81.7 Å². The van der Waals surface area contributed by atoms with E-state index in [-0.39, 0.29) is 5.54 Å². The lowest BCUT2D eigenvalue weighted by Crippen LogP contribution is -2.57. The highest BCUT2D eigenvalue weighted by molar-refractivity contribution is 5.59. The van der Waals surface area contributed by atoms with Gasteiger partial charge in [0.1, 0.15) is 0 Å². The van der Waals surface area contributed by atoms with Crippen LogP contribution in [0.5, 0.6) is 0 Å². The second-order valence-electron chi connectivity index (χ2n) is 14.4. The zero-order chi connectivity index (χ0) is 28.0. The Balaban J connectivity index is 0.000000198. The molecular weight excluding hydrogens is 454 g/mol. The highest BCUT2D eigenvalue weighted by atomic mass is 15.3. The third-order valence-corrected chi connectivity index (χ3v) is 8.14. The minimum atomic E-state index is 0.257. The first kappa shape index (κ1) is 32.1. The highest BCUT2D eigenvalue weighted by Crippen LogP contribution is 2.32. The monoisotopic (exact) mass is 515 g/mol. The summed E-state index contributed by atoms with van der Waals surface area (Å²) in [5.74, 6) is 0. The molecule has 37 heavy (non-hydrogen) atoms. The molecule has 2 fully saturated rings. The summed E-state index contributed by atoms with van der Waals surface area (Å²) in [6.45, 7) is 36.2. The van der Waals surface area contributed by atoms with E-state index in [1.807, 2.05) is 0 Å². The van der Waals surface area contributed by atoms with Crippen molar-refractivity contribution in [1.29, 1.82) is 0 Å². The molecule has 0 N–H and O–H groups in total. The summed E-state index contributed by atoms with van der Waals surface area (Å²) in [7, 11) is 2.19. The molecule has 0 saturated carbocycles. The molecule has 5 heteroatoms. The van der Waals surface area contributed by atoms with Crippen LogP contribution in [0.25, 0.3) is 0 Å². The number of benzene rings is 1. The van der Waals surface area contributed by atoms with E-state index in [1.165, 1.54) is 76.6 Å². The maximum Gasteiger partial charge on any atom is 0.0403 e. The van der Waals surface area contributed by atoms with E-state index in [2.05, 4.69) is 132 Å². The fourth-order valence-electron chi connectivity index (χ4n) is 5.42. The van der Waals surface area contributed by atoms with E-state index in [1.54, 1.807) is 0 Å². The summed E-state index contributed by atoms with van der Waals surface area (Å²) in [6.07, 6.45) is 1.20. The topological polar surface area (TPSA) is 16.2 Å². The van der Waals surface area contributed by atoms with Crippen molar-refractivity contribution < 1.29 is 0 Å². The Labute approximate surface area is 231 Å². The lowest BCUT2D eigenvalue weighted by Gasteiger charge is -2.46. The minimum Gasteiger partial charge on any atom is -0.366 e. The first-order chi connectivity index (χ1) is 17.0. The lowest BCUT2D eigenvalue weighted by molar-refractivity contribution is 0.0211. The Hall–Kier alpha value is -1.14. The van der Waals surface area contributed by atoms with Crippen LogP contribution in [-0.4, -0.2) is 108 Å². The van der Waals surface area contributed by atoms with Crippen molar-refractivity contribution in [2.24, 2.45) is 0 Å². The molecule has 0 aliphatic carbocycles. The molecule has 4 rings (SSSR count). The number of para-hydroxylation sites is 1. The zero-order valence-electron chi connectivity index (χ0n) is 26.7. The van der Waals surface area contributed by atoms with Crippen LogP contribution in [0.4, 0.5) is 5.69 Å². The van der Waals surface area contributed by atoms with Gasteiger partial charge in [0.15, 0.2) is 0 Å². The van der Waals surface area contributed by atoms with Crippen LogP contribution in [-0.2, 0) is 6.42 Å². The van der Waals surface area contributed by atoms with E-state index in [9.17, 15) is 0 Å². The average Bonchev–Trinajstić information content (AvgIpc) is 3.24. The van der Waals surface area contributed by atoms with Crippen LogP contribution < -0.4 is 4.90 Å². The third-order valence-electron chi connectivity index (χ3n) is 8.14. The van der Waals surface area contributed by atoms with Gasteiger partial charge in [-0.25, -0.2) is 0 Å². The molecule has 1 aromatic rings. The number of fused-ring (bicyclic) bond motifs is 1. The van der Waals surface area contributed by atoms with E-state index in [0.29, 0.717) is 11.1 Å². The molecular formula is C32H61N5. The van der Waals surface area contributed by atoms with Crippen molar-refractivity contribution >= 4 is 5.69 Å². The van der Waals surface area contributed by atoms with Crippen molar-refractivity contribution in [2.45, 2.75) is 105 Å². The molecule has 1 aromatic carbocycles. The standard InChI is InChI=1S/C12H26N2.C12H17N.C8H18N2/c1-11(2,3)13-7-9-14(10-8-13)12(4,5)6;1-12(2,3)13-9-8-10-6-4-5-7-11(10)13;1-8(2)10-6-4-9(3)5-7-10/h7-10H2,1-6H3;4-7H,8-9H2,1-3H3;8H,4-7H2,1-3H3. The molecule has 0 bridgehead atoms. The number of piperazine rings is 2. The van der Waals surface area contributed by atoms with Crippen molar-refractivity contribution in [1.82, 2.24) is 19.6 Å². The Bertz CT molecular complexity index is 761. The normalized spacial score (nSPS) is 20.7. The smallest absolute Gasteiger partial charge is 0.0403 e. The van der Waals surface area contributed by atoms with Gasteiger partial charge < -0.3 is 9.80 Å². The summed E-state index contributed by atoms with van der Waals surface area (Å²) < 4.78 is 0. The quantitative estimate of drug-likeness (QED) is 0.476. The van der Waals surface area contributed by atoms with E-state index >= 15 is 0 Å². The first-order valence-electron chi connectivity index (χ1n) is 14.8. The number of anilines is 1. The Morgan fingerprint density at radius 2 is 1.05 bits per heavy atom. The van der Waals surface area contributed by atoms with Crippen molar-refractivity contribution in [3.63, 3.8) is 0 Å². The molecule has 214 valence electrons. The summed E-state index contributed by atoms with van der Waals surface area (Å²) in [6, 6.07) is 9.46. The van der Waals surface area contributed by atoms with Crippen LogP contribution in [0.15, 0.2) is 24.3 Å². The van der Waals surface area contributed by atoms with Gasteiger partial charge in [-0.05, 0) is 101 Å². The van der Waals surface area contributed by atoms with Gasteiger partial charge in [-0.3, -0.25) is 14.7 Å². The van der Waals surface area contributed by atoms with Gasteiger partial charge >= 0.3 is 0 Å². The molecule has 0 spiro atoms. The largest absolute Gasteiger partial charge is 0.366 e. The molecule has 0 radical (unpaired) electrons. The summed E-state index contributed by atoms with van der Waals surface area (Å²) >= 11 is 0. The average molecular weight is 516 g/mol. The predicted molar refractivity (Wildman–Crippen MR) is 164 cm³/mol. The maximum absolute atomic E-state index is 2.58. The third kappa shape index (κ3) is 10.2. The first-order valence-corrected chi connectivity index (χ1v) is 14.8. The second-order valence-corrected chi connectivity index (χ2v) is 14.4. The lowest BCUT2D eigenvalue weighted by atomic mass is 10.0. The highest BCUT2D eigenvalue weighted by Gasteiger charge is 2.30. The SMILES string of the molecule is CC(C)(C)N1CCN(C(C)(C)C)CC1.CC(C)(C)N1CCc2ccccc21.CC(C)N1CCN(C)CC1. The van der Waals surface area contributed by atoms with Crippen LogP contribution in [0.2, 0.25) is 0 Å². The molecule has 5 nitrogen and oxygen atoms in total. The van der Waals surface area contributed by atoms with Gasteiger partial charge in [0.2, 0.25) is 0 Å². The van der Waals surface area contributed by atoms with Gasteiger partial charge in [-0.15, -0.1) is 0 Å². The molecule has 0 aromatic heterocycles. The van der Waals surface area contributed by atoms with Crippen LogP contribution in [0.3, 0.4) is 0 Å². The van der Waals surface area contributed by atoms with E-state index in [4.69, 9.17) is 0 Å². The Kier molecular flexibility index (Phi) is 11.5. The van der Waals surface area contributed by atoms with Gasteiger partial charge in [0, 0.05) is 87.2 Å². The van der Waals surface area contributed by atoms with Gasteiger partial charge in [0.05, 0.1) is 0 Å². The molecule has 3 aliphatic rings. The number of hydrogen-bond donors (Lipinski definition) is 0. The maximum atomic E-state index is 2.58. The van der Waals surface area contributed by atoms with Crippen molar-refractivity contribution in [2.75, 3.05) is 70.9 Å². The predicted octanol–water partition coefficient (Wildman–Crippen LogP) is 5.69. The molecule has 2 saturated heterocycles. The van der Waals surface area contributed by atoms with Gasteiger partial charge in [-0.1, -0.05) is 18.2 Å². The Morgan fingerprint density at radius 1 is 0.595 bits per heavy atom. The summed E-state index contributed by atoms with van der Waals surface area (Å²) in [5, 5.41) is 0. The molecule has 3 aliphatic heterocycles. The van der Waals surface area contributed by atoms with E-state index in [0.717, 1.165) is 6.04 Å². The Morgan fingerprint density at radius 3 is 1.46 bits per heavy atom. The fraction of sp³-hybridized carbons (Fsp3) is 0.812. The fourth-order valence-corrected chi connectivity index (χ4v) is 5.42. The zero-order valence-corrected chi connectivity index (χ0v) is 26.7. The molecule has 0 atom stereocenters. The summed E-state index contributed by atoms with van der Waals surface area (Å²) in [5.41, 5.74) is 3.85. The van der Waals surface area contributed by atoms with E-state index < -0.39 is 0 Å². The van der Waals surface area contributed by atoms with Crippen molar-refractivity contribution in [3.05, 3.63) is 29.8 Å².